The second-order valence-electron chi connectivity index (χ2n) is 4.73. The predicted molar refractivity (Wildman–Crippen MR) is 68.0 cm³/mol. The van der Waals surface area contributed by atoms with Crippen LogP contribution in [0.1, 0.15) is 26.3 Å². The largest absolute Gasteiger partial charge is 0.413 e. The number of benzene rings is 1. The minimum absolute atomic E-state index is 0.0225. The smallest absolute Gasteiger partial charge is 0.410 e. The molecule has 1 amide bonds. The van der Waals surface area contributed by atoms with E-state index >= 15 is 0 Å². The van der Waals surface area contributed by atoms with Crippen molar-refractivity contribution in [1.29, 1.82) is 0 Å². The molecule has 1 N–H and O–H groups in total. The Labute approximate surface area is 102 Å². The first kappa shape index (κ1) is 13.1. The molecule has 90 valence electrons. The topological polar surface area (TPSA) is 38.3 Å². The summed E-state index contributed by atoms with van der Waals surface area (Å²) in [4.78, 5) is 11.3. The number of terminal acetylenes is 1. The number of amides is 1. The zero-order chi connectivity index (χ0) is 12.9. The van der Waals surface area contributed by atoms with E-state index in [0.717, 1.165) is 5.56 Å². The van der Waals surface area contributed by atoms with Crippen molar-refractivity contribution < 1.29 is 9.53 Å². The molecule has 3 nitrogen and oxygen atoms in total. The van der Waals surface area contributed by atoms with Crippen molar-refractivity contribution in [2.45, 2.75) is 26.2 Å². The maximum atomic E-state index is 11.3. The number of hydrogen-bond donors (Lipinski definition) is 1. The van der Waals surface area contributed by atoms with Crippen LogP contribution in [0.2, 0.25) is 0 Å². The zero-order valence-corrected chi connectivity index (χ0v) is 10.4. The molecule has 1 rings (SSSR count). The van der Waals surface area contributed by atoms with E-state index in [9.17, 15) is 4.79 Å². The van der Waals surface area contributed by atoms with Gasteiger partial charge in [0.15, 0.2) is 0 Å². The Morgan fingerprint density at radius 3 is 2.76 bits per heavy atom. The van der Waals surface area contributed by atoms with Crippen LogP contribution in [0.25, 0.3) is 0 Å². The fourth-order valence-corrected chi connectivity index (χ4v) is 1.29. The normalized spacial score (nSPS) is 10.5. The molecular weight excluding hydrogens is 214 g/mol. The lowest BCUT2D eigenvalue weighted by Gasteiger charge is -2.19. The lowest BCUT2D eigenvalue weighted by Crippen LogP contribution is -2.27. The quantitative estimate of drug-likeness (QED) is 0.795. The molecule has 0 saturated carbocycles. The van der Waals surface area contributed by atoms with Gasteiger partial charge in [-0.1, -0.05) is 38.8 Å². The Kier molecular flexibility index (Phi) is 4.17. The molecule has 1 aromatic carbocycles. The van der Waals surface area contributed by atoms with Crippen LogP contribution in [-0.4, -0.2) is 12.6 Å². The highest BCUT2D eigenvalue weighted by Crippen LogP contribution is 2.25. The molecule has 0 spiro atoms. The summed E-state index contributed by atoms with van der Waals surface area (Å²) in [6.45, 7) is 6.47. The Morgan fingerprint density at radius 1 is 1.47 bits per heavy atom. The van der Waals surface area contributed by atoms with E-state index in [4.69, 9.17) is 11.2 Å². The average Bonchev–Trinajstić information content (AvgIpc) is 2.25. The molecule has 17 heavy (non-hydrogen) atoms. The highest BCUT2D eigenvalue weighted by molar-refractivity contribution is 5.70. The minimum Gasteiger partial charge on any atom is -0.410 e. The lowest BCUT2D eigenvalue weighted by molar-refractivity contribution is 0.202. The van der Waals surface area contributed by atoms with E-state index in [0.29, 0.717) is 5.75 Å². The van der Waals surface area contributed by atoms with Gasteiger partial charge >= 0.3 is 6.09 Å². The Morgan fingerprint density at radius 2 is 2.18 bits per heavy atom. The van der Waals surface area contributed by atoms with Crippen molar-refractivity contribution in [2.75, 3.05) is 6.54 Å². The summed E-state index contributed by atoms with van der Waals surface area (Å²) in [6.07, 6.45) is 4.50. The van der Waals surface area contributed by atoms with Gasteiger partial charge in [0.1, 0.15) is 5.75 Å². The Bertz CT molecular complexity index is 438. The molecule has 0 aliphatic heterocycles. The molecule has 0 aliphatic rings. The van der Waals surface area contributed by atoms with Crippen molar-refractivity contribution in [3.8, 4) is 18.1 Å². The van der Waals surface area contributed by atoms with Crippen molar-refractivity contribution in [1.82, 2.24) is 5.32 Å². The fraction of sp³-hybridized carbons (Fsp3) is 0.357. The van der Waals surface area contributed by atoms with Gasteiger partial charge < -0.3 is 10.1 Å². The van der Waals surface area contributed by atoms with Gasteiger partial charge in [0.2, 0.25) is 0 Å². The van der Waals surface area contributed by atoms with Crippen LogP contribution in [-0.2, 0) is 5.41 Å². The molecule has 0 aliphatic carbocycles. The third-order valence-corrected chi connectivity index (χ3v) is 2.25. The number of nitrogens with one attached hydrogen (secondary N) is 1. The van der Waals surface area contributed by atoms with E-state index in [2.05, 4.69) is 32.0 Å². The number of hydrogen-bond acceptors (Lipinski definition) is 2. The molecule has 1 aromatic rings. The summed E-state index contributed by atoms with van der Waals surface area (Å²) in [6, 6.07) is 7.47. The highest BCUT2D eigenvalue weighted by Gasteiger charge is 2.14. The van der Waals surface area contributed by atoms with E-state index in [1.807, 2.05) is 18.2 Å². The van der Waals surface area contributed by atoms with Crippen LogP contribution < -0.4 is 10.1 Å². The third kappa shape index (κ3) is 4.20. The second-order valence-corrected chi connectivity index (χ2v) is 4.73. The van der Waals surface area contributed by atoms with Crippen molar-refractivity contribution in [2.24, 2.45) is 0 Å². The lowest BCUT2D eigenvalue weighted by atomic mass is 9.87. The number of rotatable bonds is 2. The monoisotopic (exact) mass is 231 g/mol. The molecule has 0 aromatic heterocycles. The SMILES string of the molecule is C#CCNC(=O)Oc1cccc(C(C)(C)C)c1. The van der Waals surface area contributed by atoms with Crippen LogP contribution >= 0.6 is 0 Å². The van der Waals surface area contributed by atoms with E-state index in [1.165, 1.54) is 0 Å². The van der Waals surface area contributed by atoms with E-state index in [1.54, 1.807) is 6.07 Å². The maximum absolute atomic E-state index is 11.3. The molecule has 0 radical (unpaired) electrons. The number of ether oxygens (including phenoxy) is 1. The zero-order valence-electron chi connectivity index (χ0n) is 10.4. The van der Waals surface area contributed by atoms with Gasteiger partial charge in [0, 0.05) is 0 Å². The molecular formula is C14H17NO2. The molecule has 0 fully saturated rings. The fourth-order valence-electron chi connectivity index (χ4n) is 1.29. The second kappa shape index (κ2) is 5.40. The molecule has 0 saturated heterocycles. The van der Waals surface area contributed by atoms with Gasteiger partial charge in [-0.3, -0.25) is 0 Å². The first-order chi connectivity index (χ1) is 7.93. The van der Waals surface area contributed by atoms with Crippen molar-refractivity contribution in [3.63, 3.8) is 0 Å². The summed E-state index contributed by atoms with van der Waals surface area (Å²) in [5, 5.41) is 2.44. The average molecular weight is 231 g/mol. The van der Waals surface area contributed by atoms with Crippen LogP contribution in [0, 0.1) is 12.3 Å². The standard InChI is InChI=1S/C14H17NO2/c1-5-9-15-13(16)17-12-8-6-7-11(10-12)14(2,3)4/h1,6-8,10H,9H2,2-4H3,(H,15,16). The van der Waals surface area contributed by atoms with Crippen LogP contribution in [0.5, 0.6) is 5.75 Å². The summed E-state index contributed by atoms with van der Waals surface area (Å²) in [7, 11) is 0. The summed E-state index contributed by atoms with van der Waals surface area (Å²) < 4.78 is 5.11. The highest BCUT2D eigenvalue weighted by atomic mass is 16.5. The molecule has 0 heterocycles. The third-order valence-electron chi connectivity index (χ3n) is 2.25. The minimum atomic E-state index is -0.533. The summed E-state index contributed by atoms with van der Waals surface area (Å²) in [5.74, 6) is 2.83. The molecule has 0 atom stereocenters. The predicted octanol–water partition coefficient (Wildman–Crippen LogP) is 2.71. The first-order valence-corrected chi connectivity index (χ1v) is 5.43. The summed E-state index contributed by atoms with van der Waals surface area (Å²) >= 11 is 0. The summed E-state index contributed by atoms with van der Waals surface area (Å²) in [5.41, 5.74) is 1.13. The maximum Gasteiger partial charge on any atom is 0.413 e. The first-order valence-electron chi connectivity index (χ1n) is 5.43. The van der Waals surface area contributed by atoms with Gasteiger partial charge in [0.05, 0.1) is 6.54 Å². The van der Waals surface area contributed by atoms with Gasteiger partial charge in [-0.05, 0) is 23.1 Å². The molecule has 3 heteroatoms. The number of carbonyl (C=O) groups excluding carboxylic acids is 1. The van der Waals surface area contributed by atoms with Gasteiger partial charge in [-0.15, -0.1) is 6.42 Å². The van der Waals surface area contributed by atoms with Crippen LogP contribution in [0.4, 0.5) is 4.79 Å². The van der Waals surface area contributed by atoms with Crippen LogP contribution in [0.3, 0.4) is 0 Å². The van der Waals surface area contributed by atoms with Gasteiger partial charge in [-0.25, -0.2) is 4.79 Å². The Balaban J connectivity index is 2.73. The number of carbonyl (C=O) groups is 1. The Hall–Kier alpha value is -1.95. The molecule has 0 unspecified atom stereocenters. The van der Waals surface area contributed by atoms with Gasteiger partial charge in [-0.2, -0.15) is 0 Å². The molecule has 0 bridgehead atoms. The van der Waals surface area contributed by atoms with Crippen molar-refractivity contribution >= 4 is 6.09 Å². The van der Waals surface area contributed by atoms with Crippen molar-refractivity contribution in [3.05, 3.63) is 29.8 Å². The van der Waals surface area contributed by atoms with E-state index < -0.39 is 6.09 Å². The van der Waals surface area contributed by atoms with Gasteiger partial charge in [0.25, 0.3) is 0 Å². The van der Waals surface area contributed by atoms with E-state index in [-0.39, 0.29) is 12.0 Å². The van der Waals surface area contributed by atoms with Crippen LogP contribution in [0.15, 0.2) is 24.3 Å².